The number of aromatic hydroxyl groups is 2. The molecule has 3 atom stereocenters. The molecule has 2 aliphatic heterocycles. The molecule has 0 aromatic heterocycles. The molecular weight excluding hydrogens is 478 g/mol. The molecule has 2 saturated heterocycles. The van der Waals surface area contributed by atoms with Gasteiger partial charge in [0.2, 0.25) is 0 Å². The van der Waals surface area contributed by atoms with Crippen molar-refractivity contribution in [2.24, 2.45) is 0 Å². The van der Waals surface area contributed by atoms with Gasteiger partial charge in [-0.2, -0.15) is 0 Å². The van der Waals surface area contributed by atoms with E-state index in [1.807, 2.05) is 42.5 Å². The van der Waals surface area contributed by atoms with Gasteiger partial charge >= 0.3 is 0 Å². The third kappa shape index (κ3) is 2.76. The van der Waals surface area contributed by atoms with Crippen molar-refractivity contribution in [1.82, 2.24) is 4.90 Å². The van der Waals surface area contributed by atoms with Crippen molar-refractivity contribution in [2.75, 3.05) is 13.7 Å². The molecule has 1 aliphatic carbocycles. The van der Waals surface area contributed by atoms with E-state index in [1.54, 1.807) is 30.3 Å². The maximum atomic E-state index is 14.8. The van der Waals surface area contributed by atoms with Gasteiger partial charge in [0, 0.05) is 17.2 Å². The maximum Gasteiger partial charge on any atom is 0.188 e. The van der Waals surface area contributed by atoms with Gasteiger partial charge in [0.15, 0.2) is 23.1 Å². The number of ether oxygens (including phenoxy) is 1. The second-order valence-electron chi connectivity index (χ2n) is 10.7. The van der Waals surface area contributed by atoms with E-state index in [-0.39, 0.29) is 41.3 Å². The van der Waals surface area contributed by atoms with E-state index >= 15 is 0 Å². The lowest BCUT2D eigenvalue weighted by molar-refractivity contribution is 0.0668. The second-order valence-corrected chi connectivity index (χ2v) is 10.7. The van der Waals surface area contributed by atoms with E-state index in [2.05, 4.69) is 4.90 Å². The fraction of sp³-hybridized carbons (Fsp3) is 0.250. The second kappa shape index (κ2) is 7.92. The van der Waals surface area contributed by atoms with Crippen molar-refractivity contribution in [3.8, 4) is 17.2 Å². The average Bonchev–Trinajstić information content (AvgIpc) is 3.60. The molecule has 190 valence electrons. The summed E-state index contributed by atoms with van der Waals surface area (Å²) in [5.74, 6) is 0.132. The van der Waals surface area contributed by atoms with Gasteiger partial charge in [-0.3, -0.25) is 14.5 Å². The fourth-order valence-corrected chi connectivity index (χ4v) is 7.56. The Labute approximate surface area is 220 Å². The molecule has 4 aromatic rings. The lowest BCUT2D eigenvalue weighted by Crippen LogP contribution is -2.47. The number of phenols is 2. The molecule has 0 saturated carbocycles. The molecule has 0 radical (unpaired) electrons. The molecule has 6 heteroatoms. The minimum absolute atomic E-state index is 0.0364. The highest BCUT2D eigenvalue weighted by atomic mass is 16.5. The Hall–Kier alpha value is -4.16. The molecule has 4 aromatic carbocycles. The molecule has 2 fully saturated rings. The number of methoxy groups -OCH3 is 1. The van der Waals surface area contributed by atoms with Crippen LogP contribution in [0.2, 0.25) is 0 Å². The number of rotatable bonds is 4. The normalized spacial score (nSPS) is 25.8. The quantitative estimate of drug-likeness (QED) is 0.364. The predicted octanol–water partition coefficient (Wildman–Crippen LogP) is 5.34. The Kier molecular flexibility index (Phi) is 4.79. The van der Waals surface area contributed by atoms with Crippen LogP contribution in [-0.4, -0.2) is 46.4 Å². The average molecular weight is 506 g/mol. The molecule has 3 unspecified atom stereocenters. The summed E-state index contributed by atoms with van der Waals surface area (Å²) in [6, 6.07) is 23.2. The first-order chi connectivity index (χ1) is 18.4. The Bertz CT molecular complexity index is 1660. The summed E-state index contributed by atoms with van der Waals surface area (Å²) in [4.78, 5) is 31.6. The summed E-state index contributed by atoms with van der Waals surface area (Å²) in [5.41, 5.74) is 0.672. The number of ketones is 2. The first-order valence-electron chi connectivity index (χ1n) is 13.0. The predicted molar refractivity (Wildman–Crippen MR) is 143 cm³/mol. The van der Waals surface area contributed by atoms with Crippen LogP contribution in [0.25, 0.3) is 10.8 Å². The van der Waals surface area contributed by atoms with Crippen LogP contribution in [0, 0.1) is 0 Å². The zero-order valence-electron chi connectivity index (χ0n) is 21.0. The highest BCUT2D eigenvalue weighted by molar-refractivity contribution is 6.21. The zero-order valence-corrected chi connectivity index (χ0v) is 21.0. The number of hydrogen-bond donors (Lipinski definition) is 2. The number of nitrogens with zero attached hydrogens (tertiary/aromatic N) is 1. The van der Waals surface area contributed by atoms with E-state index in [0.29, 0.717) is 23.2 Å². The van der Waals surface area contributed by atoms with Crippen molar-refractivity contribution in [3.63, 3.8) is 0 Å². The number of phenolic OH excluding ortho intramolecular Hbond substituents is 2. The molecule has 1 spiro atoms. The Balaban J connectivity index is 1.51. The number of benzene rings is 4. The van der Waals surface area contributed by atoms with Gasteiger partial charge < -0.3 is 14.9 Å². The van der Waals surface area contributed by atoms with E-state index in [0.717, 1.165) is 29.2 Å². The summed E-state index contributed by atoms with van der Waals surface area (Å²) in [5, 5.41) is 22.7. The number of hydrogen-bond acceptors (Lipinski definition) is 6. The molecule has 2 heterocycles. The SMILES string of the molecule is COc1cc(C(=O)C2(c3cccc(O)c3)CC3(C(=O)c4cccc5cccc3c45)N3CCCC32)ccc1O. The monoisotopic (exact) mass is 505 g/mol. The van der Waals surface area contributed by atoms with Gasteiger partial charge in [-0.05, 0) is 78.0 Å². The first-order valence-corrected chi connectivity index (χ1v) is 13.0. The molecular formula is C32H27NO5. The molecule has 0 bridgehead atoms. The third-order valence-electron chi connectivity index (χ3n) is 9.03. The zero-order chi connectivity index (χ0) is 26.2. The van der Waals surface area contributed by atoms with Crippen LogP contribution >= 0.6 is 0 Å². The fourth-order valence-electron chi connectivity index (χ4n) is 7.56. The van der Waals surface area contributed by atoms with Gasteiger partial charge in [0.25, 0.3) is 0 Å². The van der Waals surface area contributed by atoms with Crippen LogP contribution in [0.1, 0.15) is 51.1 Å². The van der Waals surface area contributed by atoms with Crippen LogP contribution in [0.4, 0.5) is 0 Å². The minimum atomic E-state index is -1.10. The van der Waals surface area contributed by atoms with Crippen molar-refractivity contribution >= 4 is 22.3 Å². The van der Waals surface area contributed by atoms with Crippen molar-refractivity contribution in [1.29, 1.82) is 0 Å². The van der Waals surface area contributed by atoms with Crippen LogP contribution in [-0.2, 0) is 11.0 Å². The highest BCUT2D eigenvalue weighted by Gasteiger charge is 2.69. The van der Waals surface area contributed by atoms with E-state index in [9.17, 15) is 19.8 Å². The number of Topliss-reactive ketones (excluding diaryl/α,β-unsaturated/α-hetero) is 2. The third-order valence-corrected chi connectivity index (χ3v) is 9.03. The smallest absolute Gasteiger partial charge is 0.188 e. The number of carbonyl (C=O) groups excluding carboxylic acids is 2. The molecule has 7 rings (SSSR count). The maximum absolute atomic E-state index is 14.8. The number of fused-ring (bicyclic) bond motifs is 3. The summed E-state index contributed by atoms with van der Waals surface area (Å²) >= 11 is 0. The van der Waals surface area contributed by atoms with Gasteiger partial charge in [-0.15, -0.1) is 0 Å². The Morgan fingerprint density at radius 1 is 1.00 bits per heavy atom. The molecule has 0 amide bonds. The standard InChI is InChI=1S/C32H27NO5/c1-38-26-16-20(13-14-25(26)35)29(36)31(21-8-4-9-22(34)17-21)18-32(33-15-5-12-27(31)33)24-11-3-7-19-6-2-10-23(28(19)24)30(32)37/h2-4,6-11,13-14,16-17,27,34-35H,5,12,15,18H2,1H3. The molecule has 3 aliphatic rings. The van der Waals surface area contributed by atoms with E-state index in [4.69, 9.17) is 4.74 Å². The van der Waals surface area contributed by atoms with Gasteiger partial charge in [0.05, 0.1) is 12.5 Å². The van der Waals surface area contributed by atoms with Gasteiger partial charge in [-0.25, -0.2) is 0 Å². The lowest BCUT2D eigenvalue weighted by atomic mass is 9.65. The summed E-state index contributed by atoms with van der Waals surface area (Å²) in [7, 11) is 1.45. The number of carbonyl (C=O) groups is 2. The summed E-state index contributed by atoms with van der Waals surface area (Å²) < 4.78 is 5.33. The lowest BCUT2D eigenvalue weighted by Gasteiger charge is -2.34. The van der Waals surface area contributed by atoms with Crippen LogP contribution < -0.4 is 4.74 Å². The summed E-state index contributed by atoms with van der Waals surface area (Å²) in [6.45, 7) is 0.702. The van der Waals surface area contributed by atoms with E-state index < -0.39 is 11.0 Å². The largest absolute Gasteiger partial charge is 0.508 e. The molecule has 2 N–H and O–H groups in total. The Morgan fingerprint density at radius 3 is 2.58 bits per heavy atom. The van der Waals surface area contributed by atoms with Gasteiger partial charge in [-0.1, -0.05) is 48.5 Å². The highest BCUT2D eigenvalue weighted by Crippen LogP contribution is 2.62. The van der Waals surface area contributed by atoms with Crippen LogP contribution in [0.5, 0.6) is 17.2 Å². The van der Waals surface area contributed by atoms with Crippen molar-refractivity contribution in [2.45, 2.75) is 36.3 Å². The summed E-state index contributed by atoms with van der Waals surface area (Å²) in [6.07, 6.45) is 1.87. The van der Waals surface area contributed by atoms with Gasteiger partial charge in [0.1, 0.15) is 11.3 Å². The minimum Gasteiger partial charge on any atom is -0.508 e. The van der Waals surface area contributed by atoms with E-state index in [1.165, 1.54) is 13.2 Å². The topological polar surface area (TPSA) is 87.1 Å². The van der Waals surface area contributed by atoms with Crippen LogP contribution in [0.15, 0.2) is 78.9 Å². The molecule has 6 nitrogen and oxygen atoms in total. The van der Waals surface area contributed by atoms with Crippen molar-refractivity contribution in [3.05, 3.63) is 101 Å². The van der Waals surface area contributed by atoms with Crippen molar-refractivity contribution < 1.29 is 24.5 Å². The van der Waals surface area contributed by atoms with Crippen LogP contribution in [0.3, 0.4) is 0 Å². The first kappa shape index (κ1) is 23.0. The Morgan fingerprint density at radius 2 is 1.79 bits per heavy atom. The molecule has 38 heavy (non-hydrogen) atoms.